The number of thiazole rings is 1. The van der Waals surface area contributed by atoms with Crippen LogP contribution >= 0.6 is 11.3 Å². The van der Waals surface area contributed by atoms with Gasteiger partial charge in [0.15, 0.2) is 0 Å². The molecule has 22 heavy (non-hydrogen) atoms. The number of hydrogen-bond donors (Lipinski definition) is 1. The van der Waals surface area contributed by atoms with Gasteiger partial charge < -0.3 is 9.84 Å². The van der Waals surface area contributed by atoms with E-state index in [1.54, 1.807) is 0 Å². The molecule has 0 amide bonds. The van der Waals surface area contributed by atoms with Crippen LogP contribution in [0.15, 0.2) is 0 Å². The molecule has 2 heterocycles. The normalized spacial score (nSPS) is 30.5. The van der Waals surface area contributed by atoms with Gasteiger partial charge >= 0.3 is 0 Å². The maximum absolute atomic E-state index is 10.3. The number of rotatable bonds is 4. The van der Waals surface area contributed by atoms with Gasteiger partial charge in [-0.05, 0) is 52.1 Å². The highest BCUT2D eigenvalue weighted by molar-refractivity contribution is 7.11. The Morgan fingerprint density at radius 3 is 2.86 bits per heavy atom. The number of aliphatic hydroxyl groups is 1. The Labute approximate surface area is 136 Å². The third-order valence-corrected chi connectivity index (χ3v) is 7.04. The van der Waals surface area contributed by atoms with Crippen LogP contribution < -0.4 is 0 Å². The molecule has 0 aromatic carbocycles. The summed E-state index contributed by atoms with van der Waals surface area (Å²) in [6.45, 7) is 5.92. The summed E-state index contributed by atoms with van der Waals surface area (Å²) in [7, 11) is 0. The van der Waals surface area contributed by atoms with Crippen LogP contribution in [0.5, 0.6) is 0 Å². The topological polar surface area (TPSA) is 45.6 Å². The molecule has 4 rings (SSSR count). The second-order valence-electron chi connectivity index (χ2n) is 7.04. The van der Waals surface area contributed by atoms with Gasteiger partial charge in [0.25, 0.3) is 0 Å². The Hall–Kier alpha value is -0.490. The third-order valence-electron chi connectivity index (χ3n) is 5.90. The van der Waals surface area contributed by atoms with Crippen molar-refractivity contribution in [2.45, 2.75) is 64.2 Å². The first-order valence-electron chi connectivity index (χ1n) is 8.71. The number of ether oxygens (including phenoxy) is 1. The maximum Gasteiger partial charge on any atom is 0.107 e. The molecule has 1 aromatic rings. The zero-order valence-corrected chi connectivity index (χ0v) is 14.2. The molecule has 0 bridgehead atoms. The molecule has 4 nitrogen and oxygen atoms in total. The number of hydrogen-bond acceptors (Lipinski definition) is 5. The van der Waals surface area contributed by atoms with E-state index >= 15 is 0 Å². The maximum atomic E-state index is 10.3. The lowest BCUT2D eigenvalue weighted by atomic mass is 9.58. The van der Waals surface area contributed by atoms with E-state index in [1.165, 1.54) is 34.8 Å². The molecule has 2 aliphatic carbocycles. The van der Waals surface area contributed by atoms with E-state index in [2.05, 4.69) is 11.8 Å². The van der Waals surface area contributed by atoms with Crippen molar-refractivity contribution in [1.82, 2.24) is 9.88 Å². The Balaban J connectivity index is 1.35. The molecule has 0 radical (unpaired) electrons. The molecule has 2 atom stereocenters. The van der Waals surface area contributed by atoms with Crippen molar-refractivity contribution in [2.75, 3.05) is 19.7 Å². The minimum Gasteiger partial charge on any atom is -0.392 e. The first-order valence-corrected chi connectivity index (χ1v) is 9.52. The molecule has 122 valence electrons. The van der Waals surface area contributed by atoms with Crippen LogP contribution in [0.2, 0.25) is 0 Å². The average Bonchev–Trinajstić information content (AvgIpc) is 3.09. The summed E-state index contributed by atoms with van der Waals surface area (Å²) in [5, 5.41) is 11.6. The van der Waals surface area contributed by atoms with Gasteiger partial charge in [0.05, 0.1) is 24.4 Å². The quantitative estimate of drug-likeness (QED) is 0.924. The highest BCUT2D eigenvalue weighted by Crippen LogP contribution is 2.51. The highest BCUT2D eigenvalue weighted by atomic mass is 32.1. The highest BCUT2D eigenvalue weighted by Gasteiger charge is 2.55. The average molecular weight is 322 g/mol. The largest absolute Gasteiger partial charge is 0.392 e. The molecule has 1 saturated heterocycles. The number of aryl methyl sites for hydroxylation is 2. The summed E-state index contributed by atoms with van der Waals surface area (Å²) >= 11 is 1.92. The second-order valence-corrected chi connectivity index (χ2v) is 8.20. The molecule has 5 heteroatoms. The van der Waals surface area contributed by atoms with Gasteiger partial charge in [-0.15, -0.1) is 11.3 Å². The molecule has 1 saturated carbocycles. The Bertz CT molecular complexity index is 513. The Morgan fingerprint density at radius 1 is 1.36 bits per heavy atom. The van der Waals surface area contributed by atoms with Crippen molar-refractivity contribution in [1.29, 1.82) is 0 Å². The smallest absolute Gasteiger partial charge is 0.107 e. The van der Waals surface area contributed by atoms with Crippen molar-refractivity contribution in [2.24, 2.45) is 5.41 Å². The number of fused-ring (bicyclic) bond motifs is 1. The van der Waals surface area contributed by atoms with E-state index in [0.717, 1.165) is 45.5 Å². The Morgan fingerprint density at radius 2 is 2.18 bits per heavy atom. The van der Waals surface area contributed by atoms with E-state index in [-0.39, 0.29) is 17.6 Å². The fourth-order valence-electron chi connectivity index (χ4n) is 4.45. The minimum absolute atomic E-state index is 0.0388. The van der Waals surface area contributed by atoms with Gasteiger partial charge in [-0.25, -0.2) is 4.98 Å². The minimum atomic E-state index is -0.158. The molecular weight excluding hydrogens is 296 g/mol. The monoisotopic (exact) mass is 322 g/mol. The summed E-state index contributed by atoms with van der Waals surface area (Å²) in [4.78, 5) is 8.85. The number of aromatic nitrogens is 1. The van der Waals surface area contributed by atoms with E-state index in [0.29, 0.717) is 0 Å². The number of likely N-dealkylation sites (tertiary alicyclic amines) is 1. The third kappa shape index (κ3) is 2.42. The number of aliphatic hydroxyl groups excluding tert-OH is 1. The van der Waals surface area contributed by atoms with Crippen LogP contribution in [-0.4, -0.2) is 46.9 Å². The van der Waals surface area contributed by atoms with Crippen LogP contribution in [0.3, 0.4) is 0 Å². The molecule has 1 aromatic heterocycles. The first kappa shape index (κ1) is 15.1. The molecule has 1 spiro atoms. The van der Waals surface area contributed by atoms with Crippen molar-refractivity contribution >= 4 is 11.3 Å². The molecule has 1 aliphatic heterocycles. The van der Waals surface area contributed by atoms with Gasteiger partial charge in [-0.2, -0.15) is 0 Å². The molecular formula is C17H26N2O2S. The zero-order chi connectivity index (χ0) is 15.2. The predicted octanol–water partition coefficient (Wildman–Crippen LogP) is 2.38. The van der Waals surface area contributed by atoms with Gasteiger partial charge in [-0.3, -0.25) is 4.90 Å². The lowest BCUT2D eigenvalue weighted by molar-refractivity contribution is -0.209. The van der Waals surface area contributed by atoms with Crippen LogP contribution in [0.1, 0.15) is 48.2 Å². The van der Waals surface area contributed by atoms with Crippen LogP contribution in [-0.2, 0) is 24.1 Å². The van der Waals surface area contributed by atoms with Gasteiger partial charge in [-0.1, -0.05) is 0 Å². The lowest BCUT2D eigenvalue weighted by Gasteiger charge is -2.56. The summed E-state index contributed by atoms with van der Waals surface area (Å²) in [6, 6.07) is 0. The van der Waals surface area contributed by atoms with Gasteiger partial charge in [0.1, 0.15) is 5.01 Å². The van der Waals surface area contributed by atoms with E-state index < -0.39 is 0 Å². The van der Waals surface area contributed by atoms with Crippen molar-refractivity contribution < 1.29 is 9.84 Å². The van der Waals surface area contributed by atoms with Crippen LogP contribution in [0.25, 0.3) is 0 Å². The fraction of sp³-hybridized carbons (Fsp3) is 0.824. The zero-order valence-electron chi connectivity index (χ0n) is 13.4. The lowest BCUT2D eigenvalue weighted by Crippen LogP contribution is -2.62. The first-order chi connectivity index (χ1) is 10.7. The van der Waals surface area contributed by atoms with Gasteiger partial charge in [0, 0.05) is 23.3 Å². The van der Waals surface area contributed by atoms with Gasteiger partial charge in [0.2, 0.25) is 0 Å². The summed E-state index contributed by atoms with van der Waals surface area (Å²) < 4.78 is 5.85. The van der Waals surface area contributed by atoms with E-state index in [4.69, 9.17) is 9.72 Å². The molecule has 2 unspecified atom stereocenters. The predicted molar refractivity (Wildman–Crippen MR) is 87.1 cm³/mol. The summed E-state index contributed by atoms with van der Waals surface area (Å²) in [5.41, 5.74) is 1.40. The fourth-order valence-corrected chi connectivity index (χ4v) is 5.65. The van der Waals surface area contributed by atoms with E-state index in [1.807, 2.05) is 11.3 Å². The number of nitrogens with zero attached hydrogens (tertiary/aromatic N) is 2. The molecule has 2 fully saturated rings. The SMILES string of the molecule is CCOC1CC(O)C12CCN(Cc1nc3c(s1)CCC3)CC2. The van der Waals surface area contributed by atoms with Crippen LogP contribution in [0.4, 0.5) is 0 Å². The van der Waals surface area contributed by atoms with Crippen LogP contribution in [0, 0.1) is 5.41 Å². The van der Waals surface area contributed by atoms with E-state index in [9.17, 15) is 5.11 Å². The van der Waals surface area contributed by atoms with Crippen molar-refractivity contribution in [3.05, 3.63) is 15.6 Å². The second kappa shape index (κ2) is 5.86. The summed E-state index contributed by atoms with van der Waals surface area (Å²) in [6.07, 6.45) is 6.77. The van der Waals surface area contributed by atoms with Crippen molar-refractivity contribution in [3.63, 3.8) is 0 Å². The summed E-state index contributed by atoms with van der Waals surface area (Å²) in [5.74, 6) is 0. The Kier molecular flexibility index (Phi) is 4.01. The standard InChI is InChI=1S/C17H26N2O2S/c1-2-21-15-10-14(20)17(15)6-8-19(9-7-17)11-16-18-12-4-3-5-13(12)22-16/h14-15,20H,2-11H2,1H3. The molecule has 3 aliphatic rings. The number of piperidine rings is 1. The molecule has 1 N–H and O–H groups in total. The van der Waals surface area contributed by atoms with Crippen molar-refractivity contribution in [3.8, 4) is 0 Å².